The number of carbonyl (C=O) groups excluding carboxylic acids is 2. The fraction of sp³-hybridized carbons (Fsp3) is 0.0667. The minimum Gasteiger partial charge on any atom is -0.476 e. The molecule has 0 fully saturated rings. The van der Waals surface area contributed by atoms with Crippen LogP contribution in [-0.2, 0) is 4.79 Å². The maximum atomic E-state index is 13.0. The topological polar surface area (TPSA) is 108 Å². The first-order chi connectivity index (χ1) is 11.4. The van der Waals surface area contributed by atoms with Gasteiger partial charge in [0.15, 0.2) is 5.69 Å². The Morgan fingerprint density at radius 1 is 1.25 bits per heavy atom. The van der Waals surface area contributed by atoms with Gasteiger partial charge in [0.25, 0.3) is 5.91 Å². The van der Waals surface area contributed by atoms with E-state index in [-0.39, 0.29) is 16.3 Å². The lowest BCUT2D eigenvalue weighted by atomic mass is 10.2. The summed E-state index contributed by atoms with van der Waals surface area (Å²) in [5.74, 6) is -3.33. The number of aromatic carboxylic acids is 1. The molecule has 2 aromatic rings. The maximum Gasteiger partial charge on any atom is 0.355 e. The molecule has 1 aromatic carbocycles. The summed E-state index contributed by atoms with van der Waals surface area (Å²) in [6, 6.07) is 6.31. The second kappa shape index (κ2) is 7.51. The van der Waals surface area contributed by atoms with Gasteiger partial charge in [0.05, 0.1) is 17.1 Å². The molecule has 0 unspecified atom stereocenters. The number of pyridine rings is 1. The Hall–Kier alpha value is -3.00. The predicted molar refractivity (Wildman–Crippen MR) is 83.6 cm³/mol. The Bertz CT molecular complexity index is 813. The molecule has 1 aromatic heterocycles. The van der Waals surface area contributed by atoms with Crippen LogP contribution in [0.2, 0.25) is 5.02 Å². The van der Waals surface area contributed by atoms with Gasteiger partial charge in [-0.15, -0.1) is 0 Å². The number of nitrogens with zero attached hydrogens (tertiary/aromatic N) is 1. The largest absolute Gasteiger partial charge is 0.476 e. The molecule has 124 valence electrons. The number of nitrogens with one attached hydrogen (secondary N) is 2. The molecule has 0 atom stereocenters. The number of rotatable bonds is 5. The first-order valence-corrected chi connectivity index (χ1v) is 6.97. The number of aromatic nitrogens is 1. The van der Waals surface area contributed by atoms with E-state index in [2.05, 4.69) is 15.6 Å². The summed E-state index contributed by atoms with van der Waals surface area (Å²) in [6.45, 7) is -0.415. The number of hydrogen-bond acceptors (Lipinski definition) is 4. The minimum atomic E-state index is -1.36. The number of hydrogen-bond donors (Lipinski definition) is 3. The molecule has 0 aliphatic carbocycles. The average molecular weight is 352 g/mol. The van der Waals surface area contributed by atoms with Crippen molar-refractivity contribution in [2.45, 2.75) is 0 Å². The van der Waals surface area contributed by atoms with Gasteiger partial charge >= 0.3 is 5.97 Å². The van der Waals surface area contributed by atoms with Crippen molar-refractivity contribution in [3.63, 3.8) is 0 Å². The SMILES string of the molecule is O=C(CNC(=O)c1cccnc1C(=O)O)Nc1ccc(F)c(Cl)c1. The van der Waals surface area contributed by atoms with Crippen LogP contribution in [-0.4, -0.2) is 34.4 Å². The number of anilines is 1. The van der Waals surface area contributed by atoms with Crippen molar-refractivity contribution in [3.8, 4) is 0 Å². The summed E-state index contributed by atoms with van der Waals surface area (Å²) in [7, 11) is 0. The Morgan fingerprint density at radius 2 is 2.00 bits per heavy atom. The molecule has 1 heterocycles. The summed E-state index contributed by atoms with van der Waals surface area (Å²) >= 11 is 5.59. The van der Waals surface area contributed by atoms with E-state index in [1.807, 2.05) is 0 Å². The second-order valence-electron chi connectivity index (χ2n) is 4.56. The van der Waals surface area contributed by atoms with Crippen molar-refractivity contribution < 1.29 is 23.9 Å². The lowest BCUT2D eigenvalue weighted by molar-refractivity contribution is -0.115. The number of halogens is 2. The Morgan fingerprint density at radius 3 is 2.67 bits per heavy atom. The third-order valence-electron chi connectivity index (χ3n) is 2.87. The first kappa shape index (κ1) is 17.4. The number of carboxylic acids is 1. The number of carbonyl (C=O) groups is 3. The minimum absolute atomic E-state index is 0.154. The molecule has 9 heteroatoms. The van der Waals surface area contributed by atoms with E-state index < -0.39 is 35.8 Å². The molecule has 0 aliphatic rings. The van der Waals surface area contributed by atoms with Crippen molar-refractivity contribution in [1.82, 2.24) is 10.3 Å². The lowest BCUT2D eigenvalue weighted by Crippen LogP contribution is -2.33. The van der Waals surface area contributed by atoms with E-state index >= 15 is 0 Å². The van der Waals surface area contributed by atoms with E-state index in [1.54, 1.807) is 0 Å². The number of carboxylic acid groups (broad SMARTS) is 1. The highest BCUT2D eigenvalue weighted by Crippen LogP contribution is 2.19. The third-order valence-corrected chi connectivity index (χ3v) is 3.16. The summed E-state index contributed by atoms with van der Waals surface area (Å²) in [5.41, 5.74) is -0.323. The van der Waals surface area contributed by atoms with Crippen LogP contribution in [0.5, 0.6) is 0 Å². The van der Waals surface area contributed by atoms with Crippen LogP contribution in [0.25, 0.3) is 0 Å². The molecule has 7 nitrogen and oxygen atoms in total. The summed E-state index contributed by atoms with van der Waals surface area (Å²) in [6.07, 6.45) is 1.24. The zero-order valence-corrected chi connectivity index (χ0v) is 12.8. The summed E-state index contributed by atoms with van der Waals surface area (Å²) < 4.78 is 13.0. The molecular weight excluding hydrogens is 341 g/mol. The van der Waals surface area contributed by atoms with Gasteiger partial charge in [-0.05, 0) is 30.3 Å². The van der Waals surface area contributed by atoms with Crippen LogP contribution in [0.4, 0.5) is 10.1 Å². The molecule has 24 heavy (non-hydrogen) atoms. The molecule has 0 spiro atoms. The van der Waals surface area contributed by atoms with Crippen LogP contribution in [0.15, 0.2) is 36.5 Å². The third kappa shape index (κ3) is 4.26. The molecule has 3 N–H and O–H groups in total. The first-order valence-electron chi connectivity index (χ1n) is 6.60. The van der Waals surface area contributed by atoms with Gasteiger partial charge < -0.3 is 15.7 Å². The quantitative estimate of drug-likeness (QED) is 0.763. The maximum absolute atomic E-state index is 13.0. The van der Waals surface area contributed by atoms with Gasteiger partial charge in [-0.1, -0.05) is 11.6 Å². The van der Waals surface area contributed by atoms with Gasteiger partial charge in [0.2, 0.25) is 5.91 Å². The Balaban J connectivity index is 1.97. The van der Waals surface area contributed by atoms with Crippen molar-refractivity contribution in [1.29, 1.82) is 0 Å². The summed E-state index contributed by atoms with van der Waals surface area (Å²) in [5, 5.41) is 13.5. The van der Waals surface area contributed by atoms with Gasteiger partial charge in [0, 0.05) is 11.9 Å². The highest BCUT2D eigenvalue weighted by molar-refractivity contribution is 6.31. The van der Waals surface area contributed by atoms with Crippen LogP contribution in [0.1, 0.15) is 20.8 Å². The van der Waals surface area contributed by atoms with Crippen molar-refractivity contribution in [3.05, 3.63) is 58.6 Å². The zero-order chi connectivity index (χ0) is 17.7. The molecule has 2 rings (SSSR count). The van der Waals surface area contributed by atoms with Gasteiger partial charge in [-0.2, -0.15) is 0 Å². The van der Waals surface area contributed by atoms with Crippen molar-refractivity contribution in [2.75, 3.05) is 11.9 Å². The fourth-order valence-corrected chi connectivity index (χ4v) is 1.97. The van der Waals surface area contributed by atoms with Gasteiger partial charge in [-0.3, -0.25) is 9.59 Å². The van der Waals surface area contributed by atoms with Crippen LogP contribution >= 0.6 is 11.6 Å². The van der Waals surface area contributed by atoms with Gasteiger partial charge in [0.1, 0.15) is 5.82 Å². The van der Waals surface area contributed by atoms with E-state index in [4.69, 9.17) is 16.7 Å². The van der Waals surface area contributed by atoms with E-state index in [1.165, 1.54) is 30.5 Å². The van der Waals surface area contributed by atoms with Crippen LogP contribution in [0.3, 0.4) is 0 Å². The molecular formula is C15H11ClFN3O4. The molecule has 2 amide bonds. The number of amides is 2. The fourth-order valence-electron chi connectivity index (χ4n) is 1.79. The lowest BCUT2D eigenvalue weighted by Gasteiger charge is -2.08. The smallest absolute Gasteiger partial charge is 0.355 e. The molecule has 0 bridgehead atoms. The van der Waals surface area contributed by atoms with Crippen molar-refractivity contribution >= 4 is 35.1 Å². The predicted octanol–water partition coefficient (Wildman–Crippen LogP) is 1.94. The Labute approximate surface area is 140 Å². The monoisotopic (exact) mass is 351 g/mol. The highest BCUT2D eigenvalue weighted by atomic mass is 35.5. The molecule has 0 saturated heterocycles. The highest BCUT2D eigenvalue weighted by Gasteiger charge is 2.18. The van der Waals surface area contributed by atoms with Gasteiger partial charge in [-0.25, -0.2) is 14.2 Å². The second-order valence-corrected chi connectivity index (χ2v) is 4.97. The van der Waals surface area contributed by atoms with Crippen LogP contribution in [0, 0.1) is 5.82 Å². The molecule has 0 saturated carbocycles. The molecule has 0 aliphatic heterocycles. The Kier molecular flexibility index (Phi) is 5.43. The average Bonchev–Trinajstić information content (AvgIpc) is 2.56. The van der Waals surface area contributed by atoms with Crippen molar-refractivity contribution in [2.24, 2.45) is 0 Å². The number of benzene rings is 1. The summed E-state index contributed by atoms with van der Waals surface area (Å²) in [4.78, 5) is 38.3. The normalized spacial score (nSPS) is 10.1. The zero-order valence-electron chi connectivity index (χ0n) is 12.0. The standard InChI is InChI=1S/C15H11ClFN3O4/c16-10-6-8(3-4-11(10)17)20-12(21)7-19-14(22)9-2-1-5-18-13(9)15(23)24/h1-6H,7H2,(H,19,22)(H,20,21)(H,23,24). The van der Waals surface area contributed by atoms with E-state index in [0.29, 0.717) is 0 Å². The van der Waals surface area contributed by atoms with Crippen LogP contribution < -0.4 is 10.6 Å². The molecule has 0 radical (unpaired) electrons. The van der Waals surface area contributed by atoms with E-state index in [9.17, 15) is 18.8 Å². The van der Waals surface area contributed by atoms with E-state index in [0.717, 1.165) is 6.07 Å².